The summed E-state index contributed by atoms with van der Waals surface area (Å²) in [4.78, 5) is 28.0. The molecule has 0 aromatic carbocycles. The molecule has 134 valence electrons. The zero-order valence-corrected chi connectivity index (χ0v) is 14.8. The van der Waals surface area contributed by atoms with Crippen LogP contribution >= 0.6 is 0 Å². The summed E-state index contributed by atoms with van der Waals surface area (Å²) in [5.41, 5.74) is 1.33. The van der Waals surface area contributed by atoms with Crippen LogP contribution in [-0.4, -0.2) is 44.5 Å². The number of rotatable bonds is 6. The number of hydrogen-bond donors (Lipinski definition) is 0. The summed E-state index contributed by atoms with van der Waals surface area (Å²) in [6, 6.07) is 5.50. The predicted octanol–water partition coefficient (Wildman–Crippen LogP) is 2.28. The summed E-state index contributed by atoms with van der Waals surface area (Å²) < 4.78 is 7.22. The van der Waals surface area contributed by atoms with Crippen LogP contribution in [0.15, 0.2) is 28.9 Å². The molecule has 0 fully saturated rings. The smallest absolute Gasteiger partial charge is 0.274 e. The molecule has 0 atom stereocenters. The number of unbranched alkanes of at least 4 members (excludes halogenated alkanes) is 1. The Balaban J connectivity index is 1.76. The molecule has 7 nitrogen and oxygen atoms in total. The molecular weight excluding hydrogens is 320 g/mol. The number of hydrogen-bond acceptors (Lipinski definition) is 4. The number of amides is 2. The van der Waals surface area contributed by atoms with Crippen molar-refractivity contribution < 1.29 is 14.0 Å². The number of carbonyl (C=O) groups excluding carboxylic acids is 2. The average Bonchev–Trinajstić information content (AvgIpc) is 3.26. The fourth-order valence-electron chi connectivity index (χ4n) is 2.99. The molecule has 0 saturated heterocycles. The maximum absolute atomic E-state index is 12.9. The minimum atomic E-state index is -0.0962. The van der Waals surface area contributed by atoms with Crippen molar-refractivity contribution in [1.29, 1.82) is 0 Å². The summed E-state index contributed by atoms with van der Waals surface area (Å²) in [7, 11) is 0. The fourth-order valence-corrected chi connectivity index (χ4v) is 2.99. The zero-order chi connectivity index (χ0) is 17.8. The Morgan fingerprint density at radius 3 is 2.88 bits per heavy atom. The highest BCUT2D eigenvalue weighted by Crippen LogP contribution is 2.17. The van der Waals surface area contributed by atoms with Gasteiger partial charge in [-0.15, -0.1) is 0 Å². The Bertz CT molecular complexity index is 736. The highest BCUT2D eigenvalue weighted by molar-refractivity contribution is 5.92. The summed E-state index contributed by atoms with van der Waals surface area (Å²) in [6.07, 6.45) is 3.55. The SMILES string of the molecule is CCCCN(Cc1ccco1)C(=O)c1cc2n(n1)CCN(C(C)=O)C2. The molecule has 25 heavy (non-hydrogen) atoms. The van der Waals surface area contributed by atoms with Gasteiger partial charge in [0.05, 0.1) is 31.6 Å². The minimum absolute atomic E-state index is 0.0442. The Morgan fingerprint density at radius 2 is 2.20 bits per heavy atom. The van der Waals surface area contributed by atoms with Crippen LogP contribution in [0.3, 0.4) is 0 Å². The van der Waals surface area contributed by atoms with Crippen LogP contribution in [-0.2, 0) is 24.4 Å². The highest BCUT2D eigenvalue weighted by atomic mass is 16.3. The first kappa shape index (κ1) is 17.3. The van der Waals surface area contributed by atoms with Crippen LogP contribution in [0.4, 0.5) is 0 Å². The first-order valence-electron chi connectivity index (χ1n) is 8.72. The summed E-state index contributed by atoms with van der Waals surface area (Å²) >= 11 is 0. The third-order valence-electron chi connectivity index (χ3n) is 4.46. The van der Waals surface area contributed by atoms with Crippen molar-refractivity contribution in [2.45, 2.75) is 46.3 Å². The lowest BCUT2D eigenvalue weighted by atomic mass is 10.2. The molecule has 2 aromatic rings. The minimum Gasteiger partial charge on any atom is -0.467 e. The van der Waals surface area contributed by atoms with Crippen molar-refractivity contribution >= 4 is 11.8 Å². The second-order valence-corrected chi connectivity index (χ2v) is 6.34. The Morgan fingerprint density at radius 1 is 1.36 bits per heavy atom. The van der Waals surface area contributed by atoms with E-state index in [1.165, 1.54) is 0 Å². The van der Waals surface area contributed by atoms with Gasteiger partial charge >= 0.3 is 0 Å². The van der Waals surface area contributed by atoms with Crippen LogP contribution in [0.25, 0.3) is 0 Å². The van der Waals surface area contributed by atoms with Gasteiger partial charge in [-0.2, -0.15) is 5.10 Å². The average molecular weight is 344 g/mol. The Kier molecular flexibility index (Phi) is 5.21. The van der Waals surface area contributed by atoms with E-state index in [1.807, 2.05) is 16.8 Å². The molecule has 1 aliphatic heterocycles. The predicted molar refractivity (Wildman–Crippen MR) is 91.7 cm³/mol. The molecule has 0 spiro atoms. The molecule has 0 unspecified atom stereocenters. The second-order valence-electron chi connectivity index (χ2n) is 6.34. The van der Waals surface area contributed by atoms with Crippen molar-refractivity contribution in [2.75, 3.05) is 13.1 Å². The third kappa shape index (κ3) is 3.92. The number of furan rings is 1. The van der Waals surface area contributed by atoms with E-state index in [1.54, 1.807) is 29.1 Å². The molecule has 0 aliphatic carbocycles. The maximum atomic E-state index is 12.9. The van der Waals surface area contributed by atoms with Crippen molar-refractivity contribution in [3.63, 3.8) is 0 Å². The molecule has 3 heterocycles. The highest BCUT2D eigenvalue weighted by Gasteiger charge is 2.25. The fraction of sp³-hybridized carbons (Fsp3) is 0.500. The second kappa shape index (κ2) is 7.55. The van der Waals surface area contributed by atoms with Crippen LogP contribution in [0.2, 0.25) is 0 Å². The van der Waals surface area contributed by atoms with Crippen LogP contribution < -0.4 is 0 Å². The van der Waals surface area contributed by atoms with E-state index in [2.05, 4.69) is 12.0 Å². The summed E-state index contributed by atoms with van der Waals surface area (Å²) in [6.45, 7) is 6.52. The van der Waals surface area contributed by atoms with Gasteiger partial charge < -0.3 is 14.2 Å². The molecule has 2 amide bonds. The lowest BCUT2D eigenvalue weighted by molar-refractivity contribution is -0.130. The van der Waals surface area contributed by atoms with Gasteiger partial charge in [0.1, 0.15) is 5.76 Å². The van der Waals surface area contributed by atoms with Crippen molar-refractivity contribution in [2.24, 2.45) is 0 Å². The normalized spacial score (nSPS) is 13.6. The summed E-state index contributed by atoms with van der Waals surface area (Å²) in [5.74, 6) is 0.708. The molecule has 0 bridgehead atoms. The molecule has 3 rings (SSSR count). The van der Waals surface area contributed by atoms with Gasteiger partial charge in [0, 0.05) is 20.0 Å². The van der Waals surface area contributed by atoms with Gasteiger partial charge in [-0.05, 0) is 24.6 Å². The first-order chi connectivity index (χ1) is 12.1. The van der Waals surface area contributed by atoms with Crippen molar-refractivity contribution in [3.05, 3.63) is 41.6 Å². The van der Waals surface area contributed by atoms with Gasteiger partial charge in [0.15, 0.2) is 5.69 Å². The first-order valence-corrected chi connectivity index (χ1v) is 8.72. The molecule has 2 aromatic heterocycles. The largest absolute Gasteiger partial charge is 0.467 e. The Labute approximate surface area is 147 Å². The van der Waals surface area contributed by atoms with E-state index in [0.29, 0.717) is 38.4 Å². The summed E-state index contributed by atoms with van der Waals surface area (Å²) in [5, 5.41) is 4.46. The molecule has 0 saturated carbocycles. The van der Waals surface area contributed by atoms with E-state index >= 15 is 0 Å². The van der Waals surface area contributed by atoms with Gasteiger partial charge in [-0.3, -0.25) is 14.3 Å². The number of carbonyl (C=O) groups is 2. The third-order valence-corrected chi connectivity index (χ3v) is 4.46. The maximum Gasteiger partial charge on any atom is 0.274 e. The number of fused-ring (bicyclic) bond motifs is 1. The van der Waals surface area contributed by atoms with E-state index in [-0.39, 0.29) is 11.8 Å². The monoisotopic (exact) mass is 344 g/mol. The van der Waals surface area contributed by atoms with E-state index in [0.717, 1.165) is 24.3 Å². The molecule has 0 radical (unpaired) electrons. The van der Waals surface area contributed by atoms with E-state index < -0.39 is 0 Å². The van der Waals surface area contributed by atoms with Gasteiger partial charge in [0.25, 0.3) is 5.91 Å². The van der Waals surface area contributed by atoms with E-state index in [4.69, 9.17) is 4.42 Å². The zero-order valence-electron chi connectivity index (χ0n) is 14.8. The van der Waals surface area contributed by atoms with Crippen molar-refractivity contribution in [1.82, 2.24) is 19.6 Å². The molecular formula is C18H24N4O3. The topological polar surface area (TPSA) is 71.6 Å². The van der Waals surface area contributed by atoms with Crippen LogP contribution in [0.1, 0.15) is 48.6 Å². The molecule has 1 aliphatic rings. The number of aromatic nitrogens is 2. The van der Waals surface area contributed by atoms with Crippen molar-refractivity contribution in [3.8, 4) is 0 Å². The van der Waals surface area contributed by atoms with Gasteiger partial charge in [-0.25, -0.2) is 0 Å². The quantitative estimate of drug-likeness (QED) is 0.806. The van der Waals surface area contributed by atoms with Gasteiger partial charge in [0.2, 0.25) is 5.91 Å². The van der Waals surface area contributed by atoms with Gasteiger partial charge in [-0.1, -0.05) is 13.3 Å². The standard InChI is InChI=1S/C18H24N4O3/c1-3-4-7-21(13-16-6-5-10-25-16)18(24)17-11-15-12-20(14(2)23)8-9-22(15)19-17/h5-6,10-11H,3-4,7-9,12-13H2,1-2H3. The van der Waals surface area contributed by atoms with E-state index in [9.17, 15) is 9.59 Å². The molecule has 7 heteroatoms. The van der Waals surface area contributed by atoms with Crippen LogP contribution in [0, 0.1) is 0 Å². The lowest BCUT2D eigenvalue weighted by Crippen LogP contribution is -2.36. The Hall–Kier alpha value is -2.57. The molecule has 0 N–H and O–H groups in total. The lowest BCUT2D eigenvalue weighted by Gasteiger charge is -2.26. The number of nitrogens with zero attached hydrogens (tertiary/aromatic N) is 4. The van der Waals surface area contributed by atoms with Crippen LogP contribution in [0.5, 0.6) is 0 Å².